The number of benzene rings is 1. The molecule has 2 saturated heterocycles. The van der Waals surface area contributed by atoms with Gasteiger partial charge in [-0.15, -0.1) is 0 Å². The predicted molar refractivity (Wildman–Crippen MR) is 107 cm³/mol. The van der Waals surface area contributed by atoms with Crippen molar-refractivity contribution >= 4 is 23.5 Å². The number of primary amides is 1. The van der Waals surface area contributed by atoms with E-state index in [2.05, 4.69) is 10.00 Å². The molecule has 1 aromatic heterocycles. The minimum absolute atomic E-state index is 0.0223. The first kappa shape index (κ1) is 21.6. The normalized spacial score (nSPS) is 21.9. The first-order valence-corrected chi connectivity index (χ1v) is 10.2. The number of alkyl halides is 3. The van der Waals surface area contributed by atoms with Gasteiger partial charge in [-0.25, -0.2) is 4.79 Å². The molecular weight excluding hydrogens is 435 g/mol. The molecule has 31 heavy (non-hydrogen) atoms. The molecule has 7 nitrogen and oxygen atoms in total. The zero-order valence-electron chi connectivity index (χ0n) is 16.5. The van der Waals surface area contributed by atoms with Gasteiger partial charge in [0.05, 0.1) is 5.56 Å². The molecule has 2 aromatic rings. The van der Waals surface area contributed by atoms with Crippen LogP contribution in [-0.4, -0.2) is 57.7 Å². The van der Waals surface area contributed by atoms with E-state index in [-0.39, 0.29) is 22.2 Å². The minimum Gasteiger partial charge on any atom is -0.364 e. The molecule has 3 heterocycles. The monoisotopic (exact) mass is 455 g/mol. The van der Waals surface area contributed by atoms with Crippen molar-refractivity contribution in [3.05, 3.63) is 52.3 Å². The van der Waals surface area contributed by atoms with Gasteiger partial charge in [0.15, 0.2) is 5.69 Å². The average molecular weight is 456 g/mol. The van der Waals surface area contributed by atoms with Gasteiger partial charge in [0.2, 0.25) is 0 Å². The molecule has 0 saturated carbocycles. The molecule has 2 fully saturated rings. The number of rotatable bonds is 3. The Hall–Kier alpha value is -2.59. The summed E-state index contributed by atoms with van der Waals surface area (Å²) < 4.78 is 40.3. The number of hydrogen-bond donors (Lipinski definition) is 1. The van der Waals surface area contributed by atoms with Crippen LogP contribution in [0.2, 0.25) is 5.02 Å². The van der Waals surface area contributed by atoms with Gasteiger partial charge in [0.1, 0.15) is 0 Å². The highest BCUT2D eigenvalue weighted by Gasteiger charge is 2.45. The van der Waals surface area contributed by atoms with Gasteiger partial charge in [0.25, 0.3) is 5.91 Å². The standard InChI is InChI=1S/C20H21ClF3N5O2/c21-15-8-13(7-14(9-15)20(22,23)24)10-27-5-2-19(11-27)3-6-28(12-19)18(31)29-4-1-16(26-29)17(25)30/h1,4,7-9H,2-3,5-6,10-12H2,(H2,25,30). The van der Waals surface area contributed by atoms with Gasteiger partial charge >= 0.3 is 12.2 Å². The molecule has 1 atom stereocenters. The van der Waals surface area contributed by atoms with Crippen molar-refractivity contribution in [1.29, 1.82) is 0 Å². The van der Waals surface area contributed by atoms with Gasteiger partial charge in [-0.1, -0.05) is 11.6 Å². The number of carbonyl (C=O) groups excluding carboxylic acids is 2. The largest absolute Gasteiger partial charge is 0.416 e. The minimum atomic E-state index is -4.45. The van der Waals surface area contributed by atoms with Crippen LogP contribution in [0.1, 0.15) is 34.5 Å². The quantitative estimate of drug-likeness (QED) is 0.770. The molecule has 1 aromatic carbocycles. The van der Waals surface area contributed by atoms with Crippen LogP contribution in [0.5, 0.6) is 0 Å². The molecule has 0 bridgehead atoms. The van der Waals surface area contributed by atoms with Crippen LogP contribution in [0.15, 0.2) is 30.5 Å². The molecule has 2 amide bonds. The third-order valence-electron chi connectivity index (χ3n) is 5.95. The van der Waals surface area contributed by atoms with Crippen LogP contribution in [0.4, 0.5) is 18.0 Å². The predicted octanol–water partition coefficient (Wildman–Crippen LogP) is 3.22. The fourth-order valence-corrected chi connectivity index (χ4v) is 4.72. The number of hydrogen-bond acceptors (Lipinski definition) is 4. The molecule has 166 valence electrons. The van der Waals surface area contributed by atoms with Gasteiger partial charge in [-0.3, -0.25) is 9.69 Å². The summed E-state index contributed by atoms with van der Waals surface area (Å²) in [6, 6.07) is 4.68. The van der Waals surface area contributed by atoms with E-state index in [1.807, 2.05) is 0 Å². The Morgan fingerprint density at radius 1 is 1.16 bits per heavy atom. The smallest absolute Gasteiger partial charge is 0.364 e. The van der Waals surface area contributed by atoms with Crippen molar-refractivity contribution in [2.45, 2.75) is 25.6 Å². The molecule has 0 aliphatic carbocycles. The Kier molecular flexibility index (Phi) is 5.47. The van der Waals surface area contributed by atoms with Crippen LogP contribution in [-0.2, 0) is 12.7 Å². The molecule has 2 aliphatic rings. The van der Waals surface area contributed by atoms with Crippen LogP contribution in [0.25, 0.3) is 0 Å². The Balaban J connectivity index is 1.40. The summed E-state index contributed by atoms with van der Waals surface area (Å²) in [5.41, 5.74) is 4.85. The summed E-state index contributed by atoms with van der Waals surface area (Å²) in [4.78, 5) is 27.7. The summed E-state index contributed by atoms with van der Waals surface area (Å²) >= 11 is 5.90. The van der Waals surface area contributed by atoms with Gasteiger partial charge in [0, 0.05) is 42.8 Å². The first-order valence-electron chi connectivity index (χ1n) is 9.78. The maximum atomic E-state index is 13.1. The van der Waals surface area contributed by atoms with Crippen molar-refractivity contribution in [1.82, 2.24) is 19.6 Å². The Morgan fingerprint density at radius 3 is 2.58 bits per heavy atom. The lowest BCUT2D eigenvalue weighted by molar-refractivity contribution is -0.137. The number of halogens is 4. The lowest BCUT2D eigenvalue weighted by Crippen LogP contribution is -2.36. The van der Waals surface area contributed by atoms with Crippen LogP contribution < -0.4 is 5.73 Å². The van der Waals surface area contributed by atoms with E-state index in [0.717, 1.165) is 36.2 Å². The number of carbonyl (C=O) groups is 2. The number of likely N-dealkylation sites (tertiary alicyclic amines) is 2. The molecule has 0 radical (unpaired) electrons. The zero-order valence-corrected chi connectivity index (χ0v) is 17.3. The van der Waals surface area contributed by atoms with Gasteiger partial charge in [-0.2, -0.15) is 23.0 Å². The highest BCUT2D eigenvalue weighted by molar-refractivity contribution is 6.30. The summed E-state index contributed by atoms with van der Waals surface area (Å²) in [6.45, 7) is 2.84. The molecule has 2 N–H and O–H groups in total. The maximum Gasteiger partial charge on any atom is 0.416 e. The number of amides is 2. The highest BCUT2D eigenvalue weighted by Crippen LogP contribution is 2.40. The van der Waals surface area contributed by atoms with E-state index < -0.39 is 17.6 Å². The van der Waals surface area contributed by atoms with E-state index in [0.29, 0.717) is 31.7 Å². The Labute approximate surface area is 181 Å². The van der Waals surface area contributed by atoms with E-state index in [1.54, 1.807) is 11.0 Å². The second-order valence-corrected chi connectivity index (χ2v) is 8.71. The molecule has 11 heteroatoms. The Morgan fingerprint density at radius 2 is 1.90 bits per heavy atom. The van der Waals surface area contributed by atoms with Crippen LogP contribution >= 0.6 is 11.6 Å². The summed E-state index contributed by atoms with van der Waals surface area (Å²) in [6.07, 6.45) is -1.40. The van der Waals surface area contributed by atoms with E-state index in [9.17, 15) is 22.8 Å². The molecule has 1 unspecified atom stereocenters. The van der Waals surface area contributed by atoms with Crippen LogP contribution in [0.3, 0.4) is 0 Å². The summed E-state index contributed by atoms with van der Waals surface area (Å²) in [5.74, 6) is -0.703. The van der Waals surface area contributed by atoms with E-state index >= 15 is 0 Å². The lowest BCUT2D eigenvalue weighted by Gasteiger charge is -2.25. The van der Waals surface area contributed by atoms with E-state index in [4.69, 9.17) is 17.3 Å². The van der Waals surface area contributed by atoms with Crippen molar-refractivity contribution in [2.75, 3.05) is 26.2 Å². The van der Waals surface area contributed by atoms with Gasteiger partial charge < -0.3 is 10.6 Å². The third kappa shape index (κ3) is 4.54. The fraction of sp³-hybridized carbons (Fsp3) is 0.450. The molecule has 1 spiro atoms. The second kappa shape index (κ2) is 7.83. The zero-order chi connectivity index (χ0) is 22.4. The second-order valence-electron chi connectivity index (χ2n) is 8.27. The number of aromatic nitrogens is 2. The molecule has 4 rings (SSSR count). The average Bonchev–Trinajstić information content (AvgIpc) is 3.41. The third-order valence-corrected chi connectivity index (χ3v) is 6.17. The number of nitrogens with zero attached hydrogens (tertiary/aromatic N) is 4. The van der Waals surface area contributed by atoms with E-state index in [1.165, 1.54) is 12.3 Å². The van der Waals surface area contributed by atoms with Crippen molar-refractivity contribution in [3.8, 4) is 0 Å². The van der Waals surface area contributed by atoms with Crippen molar-refractivity contribution < 1.29 is 22.8 Å². The first-order chi connectivity index (χ1) is 14.5. The topological polar surface area (TPSA) is 84.5 Å². The van der Waals surface area contributed by atoms with Crippen LogP contribution in [0, 0.1) is 5.41 Å². The van der Waals surface area contributed by atoms with Gasteiger partial charge in [-0.05, 0) is 49.2 Å². The van der Waals surface area contributed by atoms with Crippen molar-refractivity contribution in [2.24, 2.45) is 11.1 Å². The van der Waals surface area contributed by atoms with Crippen molar-refractivity contribution in [3.63, 3.8) is 0 Å². The maximum absolute atomic E-state index is 13.1. The lowest BCUT2D eigenvalue weighted by atomic mass is 9.86. The Bertz CT molecular complexity index is 1020. The highest BCUT2D eigenvalue weighted by atomic mass is 35.5. The number of nitrogens with two attached hydrogens (primary N) is 1. The summed E-state index contributed by atoms with van der Waals surface area (Å²) in [5, 5.41) is 3.97. The summed E-state index contributed by atoms with van der Waals surface area (Å²) in [7, 11) is 0. The molecular formula is C20H21ClF3N5O2. The molecule has 2 aliphatic heterocycles. The SMILES string of the molecule is NC(=O)c1ccn(C(=O)N2CCC3(CCN(Cc4cc(Cl)cc(C(F)(F)F)c4)C3)C2)n1. The fourth-order valence-electron chi connectivity index (χ4n) is 4.46.